The maximum atomic E-state index is 13.0. The second kappa shape index (κ2) is 10.2. The number of likely N-dealkylation sites (tertiary alicyclic amines) is 2. The largest absolute Gasteiger partial charge is 0.369 e. The molecule has 2 atom stereocenters. The van der Waals surface area contributed by atoms with Gasteiger partial charge in [0.15, 0.2) is 0 Å². The van der Waals surface area contributed by atoms with E-state index in [0.29, 0.717) is 12.5 Å². The quantitative estimate of drug-likeness (QED) is 0.759. The molecule has 2 saturated heterocycles. The van der Waals surface area contributed by atoms with Crippen molar-refractivity contribution in [2.45, 2.75) is 45.2 Å². The Bertz CT molecular complexity index is 673. The lowest BCUT2D eigenvalue weighted by molar-refractivity contribution is -0.140. The summed E-state index contributed by atoms with van der Waals surface area (Å²) in [6, 6.07) is 10.5. The molecule has 0 bridgehead atoms. The summed E-state index contributed by atoms with van der Waals surface area (Å²) >= 11 is 0. The average molecular weight is 401 g/mol. The van der Waals surface area contributed by atoms with E-state index in [9.17, 15) is 9.59 Å². The predicted molar refractivity (Wildman–Crippen MR) is 115 cm³/mol. The van der Waals surface area contributed by atoms with Crippen molar-refractivity contribution in [3.8, 4) is 0 Å². The third-order valence-electron chi connectivity index (χ3n) is 6.55. The maximum absolute atomic E-state index is 13.0. The highest BCUT2D eigenvalue weighted by atomic mass is 16.2. The molecule has 0 radical (unpaired) electrons. The fourth-order valence-corrected chi connectivity index (χ4v) is 4.75. The molecule has 3 rings (SSSR count). The summed E-state index contributed by atoms with van der Waals surface area (Å²) in [5.74, 6) is 0.355. The Morgan fingerprint density at radius 3 is 2.48 bits per heavy atom. The van der Waals surface area contributed by atoms with Crippen LogP contribution in [-0.2, 0) is 16.1 Å². The lowest BCUT2D eigenvalue weighted by Gasteiger charge is -2.39. The van der Waals surface area contributed by atoms with Crippen LogP contribution in [0, 0.1) is 11.8 Å². The fourth-order valence-electron chi connectivity index (χ4n) is 4.75. The van der Waals surface area contributed by atoms with Crippen molar-refractivity contribution in [1.82, 2.24) is 14.7 Å². The number of rotatable bonds is 7. The molecule has 2 N–H and O–H groups in total. The van der Waals surface area contributed by atoms with E-state index in [1.54, 1.807) is 0 Å². The van der Waals surface area contributed by atoms with Crippen LogP contribution in [0.5, 0.6) is 0 Å². The Kier molecular flexibility index (Phi) is 7.67. The lowest BCUT2D eigenvalue weighted by Crippen LogP contribution is -2.53. The van der Waals surface area contributed by atoms with Crippen LogP contribution in [0.25, 0.3) is 0 Å². The standard InChI is InChI=1S/C23H36N4O2/c1-18(23(29)27-12-6-9-21(17-27)22(24)28)26-13-10-20(11-14-26)16-25(2)15-19-7-4-3-5-8-19/h3-5,7-8,18,20-21H,6,9-17H2,1-2H3,(H2,24,28). The number of carbonyl (C=O) groups is 2. The minimum Gasteiger partial charge on any atom is -0.369 e. The first kappa shape index (κ1) is 21.8. The first-order valence-corrected chi connectivity index (χ1v) is 11.0. The van der Waals surface area contributed by atoms with Gasteiger partial charge in [-0.2, -0.15) is 0 Å². The highest BCUT2D eigenvalue weighted by Crippen LogP contribution is 2.23. The van der Waals surface area contributed by atoms with Gasteiger partial charge in [-0.25, -0.2) is 0 Å². The van der Waals surface area contributed by atoms with Crippen molar-refractivity contribution >= 4 is 11.8 Å². The molecule has 29 heavy (non-hydrogen) atoms. The van der Waals surface area contributed by atoms with E-state index in [-0.39, 0.29) is 23.8 Å². The molecule has 6 nitrogen and oxygen atoms in total. The Balaban J connectivity index is 1.43. The normalized spacial score (nSPS) is 22.6. The number of benzene rings is 1. The Morgan fingerprint density at radius 2 is 1.83 bits per heavy atom. The van der Waals surface area contributed by atoms with Crippen LogP contribution in [0.15, 0.2) is 30.3 Å². The van der Waals surface area contributed by atoms with Crippen LogP contribution in [0.2, 0.25) is 0 Å². The Morgan fingerprint density at radius 1 is 1.14 bits per heavy atom. The summed E-state index contributed by atoms with van der Waals surface area (Å²) in [6.07, 6.45) is 3.92. The second-order valence-corrected chi connectivity index (χ2v) is 8.86. The van der Waals surface area contributed by atoms with E-state index >= 15 is 0 Å². The predicted octanol–water partition coefficient (Wildman–Crippen LogP) is 1.94. The average Bonchev–Trinajstić information content (AvgIpc) is 2.74. The first-order valence-electron chi connectivity index (χ1n) is 11.0. The molecule has 2 aliphatic heterocycles. The van der Waals surface area contributed by atoms with Gasteiger partial charge in [-0.05, 0) is 64.2 Å². The number of primary amides is 1. The van der Waals surface area contributed by atoms with Gasteiger partial charge >= 0.3 is 0 Å². The molecular weight excluding hydrogens is 364 g/mol. The van der Waals surface area contributed by atoms with Crippen LogP contribution in [0.4, 0.5) is 0 Å². The third-order valence-corrected chi connectivity index (χ3v) is 6.55. The molecule has 0 spiro atoms. The molecule has 2 unspecified atom stereocenters. The van der Waals surface area contributed by atoms with Gasteiger partial charge < -0.3 is 15.5 Å². The molecule has 0 aromatic heterocycles. The summed E-state index contributed by atoms with van der Waals surface area (Å²) < 4.78 is 0. The highest BCUT2D eigenvalue weighted by Gasteiger charge is 2.33. The minimum absolute atomic E-state index is 0.121. The molecule has 0 aliphatic carbocycles. The molecule has 6 heteroatoms. The van der Waals surface area contributed by atoms with E-state index in [1.165, 1.54) is 5.56 Å². The number of hydrogen-bond acceptors (Lipinski definition) is 4. The summed E-state index contributed by atoms with van der Waals surface area (Å²) in [7, 11) is 2.19. The minimum atomic E-state index is -0.282. The zero-order valence-electron chi connectivity index (χ0n) is 17.9. The number of carbonyl (C=O) groups excluding carboxylic acids is 2. The van der Waals surface area contributed by atoms with E-state index in [2.05, 4.69) is 47.2 Å². The number of nitrogens with two attached hydrogens (primary N) is 1. The lowest BCUT2D eigenvalue weighted by atomic mass is 9.94. The van der Waals surface area contributed by atoms with Gasteiger partial charge in [-0.15, -0.1) is 0 Å². The smallest absolute Gasteiger partial charge is 0.239 e. The van der Waals surface area contributed by atoms with Gasteiger partial charge in [0.25, 0.3) is 0 Å². The number of piperidine rings is 2. The van der Waals surface area contributed by atoms with Crippen LogP contribution >= 0.6 is 0 Å². The molecule has 1 aromatic carbocycles. The highest BCUT2D eigenvalue weighted by molar-refractivity contribution is 5.83. The van der Waals surface area contributed by atoms with Crippen molar-refractivity contribution in [3.05, 3.63) is 35.9 Å². The van der Waals surface area contributed by atoms with Crippen LogP contribution in [0.3, 0.4) is 0 Å². The second-order valence-electron chi connectivity index (χ2n) is 8.86. The van der Waals surface area contributed by atoms with E-state index < -0.39 is 0 Å². The van der Waals surface area contributed by atoms with Gasteiger partial charge in [0.2, 0.25) is 11.8 Å². The van der Waals surface area contributed by atoms with Crippen molar-refractivity contribution in [3.63, 3.8) is 0 Å². The fraction of sp³-hybridized carbons (Fsp3) is 0.652. The molecule has 2 heterocycles. The molecule has 2 fully saturated rings. The van der Waals surface area contributed by atoms with Crippen molar-refractivity contribution in [1.29, 1.82) is 0 Å². The van der Waals surface area contributed by atoms with Crippen molar-refractivity contribution < 1.29 is 9.59 Å². The van der Waals surface area contributed by atoms with E-state index in [1.807, 2.05) is 11.8 Å². The van der Waals surface area contributed by atoms with Gasteiger partial charge in [0, 0.05) is 26.2 Å². The molecule has 160 valence electrons. The summed E-state index contributed by atoms with van der Waals surface area (Å²) in [5.41, 5.74) is 6.81. The van der Waals surface area contributed by atoms with E-state index in [4.69, 9.17) is 5.73 Å². The van der Waals surface area contributed by atoms with Crippen LogP contribution < -0.4 is 5.73 Å². The molecule has 1 aromatic rings. The molecule has 2 aliphatic rings. The number of hydrogen-bond donors (Lipinski definition) is 1. The van der Waals surface area contributed by atoms with Crippen molar-refractivity contribution in [2.75, 3.05) is 39.8 Å². The van der Waals surface area contributed by atoms with E-state index in [0.717, 1.165) is 58.4 Å². The molecule has 2 amide bonds. The zero-order valence-corrected chi connectivity index (χ0v) is 17.9. The van der Waals surface area contributed by atoms with Gasteiger partial charge in [-0.1, -0.05) is 30.3 Å². The zero-order chi connectivity index (χ0) is 20.8. The number of amides is 2. The summed E-state index contributed by atoms with van der Waals surface area (Å²) in [5, 5.41) is 0. The van der Waals surface area contributed by atoms with Gasteiger partial charge in [0.1, 0.15) is 0 Å². The third kappa shape index (κ3) is 6.03. The van der Waals surface area contributed by atoms with Crippen molar-refractivity contribution in [2.24, 2.45) is 17.6 Å². The monoisotopic (exact) mass is 400 g/mol. The van der Waals surface area contributed by atoms with Gasteiger partial charge in [-0.3, -0.25) is 14.5 Å². The Hall–Kier alpha value is -1.92. The van der Waals surface area contributed by atoms with Crippen LogP contribution in [0.1, 0.15) is 38.2 Å². The molecule has 0 saturated carbocycles. The number of nitrogens with zero attached hydrogens (tertiary/aromatic N) is 3. The van der Waals surface area contributed by atoms with Gasteiger partial charge in [0.05, 0.1) is 12.0 Å². The topological polar surface area (TPSA) is 69.9 Å². The summed E-state index contributed by atoms with van der Waals surface area (Å²) in [6.45, 7) is 7.24. The first-order chi connectivity index (χ1) is 13.9. The molecular formula is C23H36N4O2. The van der Waals surface area contributed by atoms with Crippen LogP contribution in [-0.4, -0.2) is 72.3 Å². The SMILES string of the molecule is CC(C(=O)N1CCCC(C(N)=O)C1)N1CCC(CN(C)Cc2ccccc2)CC1. The maximum Gasteiger partial charge on any atom is 0.239 e. The summed E-state index contributed by atoms with van der Waals surface area (Å²) in [4.78, 5) is 31.0. The Labute approximate surface area is 175 Å².